The van der Waals surface area contributed by atoms with E-state index in [-0.39, 0.29) is 11.3 Å². The van der Waals surface area contributed by atoms with Crippen molar-refractivity contribution in [3.05, 3.63) is 23.8 Å². The molecule has 0 spiro atoms. The van der Waals surface area contributed by atoms with Gasteiger partial charge in [-0.2, -0.15) is 8.78 Å². The van der Waals surface area contributed by atoms with Gasteiger partial charge in [0.25, 0.3) is 0 Å². The van der Waals surface area contributed by atoms with Crippen molar-refractivity contribution >= 4 is 11.6 Å². The average molecular weight is 249 g/mol. The highest BCUT2D eigenvalue weighted by molar-refractivity contribution is 6.21. The molecule has 0 aliphatic heterocycles. The molecule has 0 saturated heterocycles. The van der Waals surface area contributed by atoms with Crippen LogP contribution in [0.25, 0.3) is 0 Å². The predicted molar refractivity (Wildman–Crippen MR) is 59.6 cm³/mol. The quantitative estimate of drug-likeness (QED) is 0.742. The van der Waals surface area contributed by atoms with Crippen molar-refractivity contribution in [1.82, 2.24) is 9.97 Å². The molecule has 0 aromatic carbocycles. The van der Waals surface area contributed by atoms with Gasteiger partial charge in [0.2, 0.25) is 0 Å². The van der Waals surface area contributed by atoms with E-state index in [0.29, 0.717) is 5.56 Å². The van der Waals surface area contributed by atoms with Crippen LogP contribution in [0.4, 0.5) is 8.78 Å². The third kappa shape index (κ3) is 2.88. The summed E-state index contributed by atoms with van der Waals surface area (Å²) < 4.78 is 26.3. The van der Waals surface area contributed by atoms with Crippen LogP contribution in [0.3, 0.4) is 0 Å². The van der Waals surface area contributed by atoms with Crippen LogP contribution < -0.4 is 0 Å². The van der Waals surface area contributed by atoms with Crippen molar-refractivity contribution in [1.29, 1.82) is 0 Å². The van der Waals surface area contributed by atoms with Crippen LogP contribution in [0.15, 0.2) is 12.5 Å². The van der Waals surface area contributed by atoms with E-state index in [4.69, 9.17) is 11.6 Å². The number of halogens is 3. The van der Waals surface area contributed by atoms with Gasteiger partial charge in [-0.15, -0.1) is 0 Å². The fraction of sp³-hybridized carbons (Fsp3) is 0.636. The first kappa shape index (κ1) is 13.3. The first-order chi connectivity index (χ1) is 7.14. The van der Waals surface area contributed by atoms with Gasteiger partial charge in [-0.1, -0.05) is 27.7 Å². The number of aromatic nitrogens is 2. The Morgan fingerprint density at radius 2 is 1.88 bits per heavy atom. The van der Waals surface area contributed by atoms with E-state index in [9.17, 15) is 8.78 Å². The van der Waals surface area contributed by atoms with Gasteiger partial charge in [0.1, 0.15) is 12.0 Å². The second kappa shape index (κ2) is 4.24. The normalized spacial score (nSPS) is 14.9. The number of hydrogen-bond acceptors (Lipinski definition) is 2. The fourth-order valence-electron chi connectivity index (χ4n) is 1.36. The fourth-order valence-corrected chi connectivity index (χ4v) is 1.52. The summed E-state index contributed by atoms with van der Waals surface area (Å²) in [6.07, 6.45) is 2.50. The molecule has 16 heavy (non-hydrogen) atoms. The Labute approximate surface area is 99.1 Å². The SMILES string of the molecule is CC(c1cncnc1C(F)(F)Cl)C(C)(C)C. The second-order valence-corrected chi connectivity index (χ2v) is 5.39. The first-order valence-electron chi connectivity index (χ1n) is 5.01. The van der Waals surface area contributed by atoms with Gasteiger partial charge >= 0.3 is 5.38 Å². The Morgan fingerprint density at radius 1 is 1.31 bits per heavy atom. The Balaban J connectivity index is 3.25. The molecule has 0 fully saturated rings. The Morgan fingerprint density at radius 3 is 2.31 bits per heavy atom. The van der Waals surface area contributed by atoms with Crippen LogP contribution in [-0.2, 0) is 5.38 Å². The van der Waals surface area contributed by atoms with E-state index < -0.39 is 11.1 Å². The maximum atomic E-state index is 13.1. The summed E-state index contributed by atoms with van der Waals surface area (Å²) in [6, 6.07) is 0. The number of rotatable bonds is 2. The molecular formula is C11H15ClF2N2. The lowest BCUT2D eigenvalue weighted by atomic mass is 9.78. The molecule has 2 nitrogen and oxygen atoms in total. The van der Waals surface area contributed by atoms with E-state index in [1.807, 2.05) is 27.7 Å². The second-order valence-electron chi connectivity index (χ2n) is 4.91. The smallest absolute Gasteiger partial charge is 0.244 e. The molecule has 1 unspecified atom stereocenters. The van der Waals surface area contributed by atoms with Gasteiger partial charge in [-0.05, 0) is 22.9 Å². The Bertz CT molecular complexity index is 369. The summed E-state index contributed by atoms with van der Waals surface area (Å²) in [4.78, 5) is 7.38. The van der Waals surface area contributed by atoms with Crippen LogP contribution in [0.1, 0.15) is 44.9 Å². The number of alkyl halides is 3. The minimum atomic E-state index is -3.45. The molecule has 0 aliphatic rings. The Kier molecular flexibility index (Phi) is 3.53. The lowest BCUT2D eigenvalue weighted by Crippen LogP contribution is -2.21. The highest BCUT2D eigenvalue weighted by atomic mass is 35.5. The molecule has 1 atom stereocenters. The predicted octanol–water partition coefficient (Wildman–Crippen LogP) is 3.91. The monoisotopic (exact) mass is 248 g/mol. The third-order valence-corrected chi connectivity index (χ3v) is 2.95. The van der Waals surface area contributed by atoms with Gasteiger partial charge < -0.3 is 0 Å². The van der Waals surface area contributed by atoms with E-state index in [0.717, 1.165) is 6.33 Å². The average Bonchev–Trinajstić information content (AvgIpc) is 2.14. The first-order valence-corrected chi connectivity index (χ1v) is 5.39. The van der Waals surface area contributed by atoms with Gasteiger partial charge in [0.05, 0.1) is 0 Å². The largest absolute Gasteiger partial charge is 0.365 e. The molecule has 0 aliphatic carbocycles. The van der Waals surface area contributed by atoms with Crippen molar-refractivity contribution < 1.29 is 8.78 Å². The molecule has 0 amide bonds. The topological polar surface area (TPSA) is 25.8 Å². The van der Waals surface area contributed by atoms with Crippen LogP contribution in [0, 0.1) is 5.41 Å². The van der Waals surface area contributed by atoms with Gasteiger partial charge in [-0.25, -0.2) is 9.97 Å². The Hall–Kier alpha value is -0.770. The molecule has 0 bridgehead atoms. The van der Waals surface area contributed by atoms with Gasteiger partial charge in [0.15, 0.2) is 0 Å². The van der Waals surface area contributed by atoms with Crippen LogP contribution in [0.2, 0.25) is 0 Å². The van der Waals surface area contributed by atoms with Crippen molar-refractivity contribution in [2.45, 2.75) is 39.0 Å². The van der Waals surface area contributed by atoms with Crippen molar-refractivity contribution in [2.75, 3.05) is 0 Å². The summed E-state index contributed by atoms with van der Waals surface area (Å²) in [5.74, 6) is -0.103. The van der Waals surface area contributed by atoms with Gasteiger partial charge in [0, 0.05) is 11.8 Å². The minimum Gasteiger partial charge on any atom is -0.244 e. The molecule has 0 N–H and O–H groups in total. The maximum absolute atomic E-state index is 13.1. The molecule has 90 valence electrons. The summed E-state index contributed by atoms with van der Waals surface area (Å²) in [6.45, 7) is 7.79. The molecule has 0 saturated carbocycles. The number of hydrogen-bond donors (Lipinski definition) is 0. The van der Waals surface area contributed by atoms with E-state index >= 15 is 0 Å². The van der Waals surface area contributed by atoms with Crippen LogP contribution in [0.5, 0.6) is 0 Å². The minimum absolute atomic E-state index is 0.103. The zero-order chi connectivity index (χ0) is 12.6. The standard InChI is InChI=1S/C11H15ClF2N2/c1-7(10(2,3)4)8-5-15-6-16-9(8)11(12,13)14/h5-7H,1-4H3. The molecule has 5 heteroatoms. The van der Waals surface area contributed by atoms with Crippen molar-refractivity contribution in [3.63, 3.8) is 0 Å². The molecule has 1 heterocycles. The molecule has 0 radical (unpaired) electrons. The zero-order valence-corrected chi connectivity index (χ0v) is 10.5. The van der Waals surface area contributed by atoms with E-state index in [2.05, 4.69) is 9.97 Å². The van der Waals surface area contributed by atoms with Crippen LogP contribution >= 0.6 is 11.6 Å². The summed E-state index contributed by atoms with van der Waals surface area (Å²) in [7, 11) is 0. The lowest BCUT2D eigenvalue weighted by Gasteiger charge is -2.29. The van der Waals surface area contributed by atoms with Gasteiger partial charge in [-0.3, -0.25) is 0 Å². The highest BCUT2D eigenvalue weighted by Gasteiger charge is 2.36. The highest BCUT2D eigenvalue weighted by Crippen LogP contribution is 2.41. The summed E-state index contributed by atoms with van der Waals surface area (Å²) in [5.41, 5.74) is -0.150. The molecule has 1 aromatic rings. The molecule has 1 rings (SSSR count). The van der Waals surface area contributed by atoms with Crippen molar-refractivity contribution in [3.8, 4) is 0 Å². The van der Waals surface area contributed by atoms with E-state index in [1.54, 1.807) is 0 Å². The summed E-state index contributed by atoms with van der Waals surface area (Å²) >= 11 is 5.03. The van der Waals surface area contributed by atoms with Crippen LogP contribution in [-0.4, -0.2) is 9.97 Å². The third-order valence-electron chi connectivity index (χ3n) is 2.77. The summed E-state index contributed by atoms with van der Waals surface area (Å²) in [5, 5.41) is -3.45. The number of nitrogens with zero attached hydrogens (tertiary/aromatic N) is 2. The van der Waals surface area contributed by atoms with Crippen molar-refractivity contribution in [2.24, 2.45) is 5.41 Å². The zero-order valence-electron chi connectivity index (χ0n) is 9.76. The lowest BCUT2D eigenvalue weighted by molar-refractivity contribution is 0.0872. The molecule has 1 aromatic heterocycles. The molecular weight excluding hydrogens is 234 g/mol. The van der Waals surface area contributed by atoms with E-state index in [1.165, 1.54) is 6.20 Å². The maximum Gasteiger partial charge on any atom is 0.365 e.